The number of aromatic nitrogens is 2. The molecule has 0 radical (unpaired) electrons. The summed E-state index contributed by atoms with van der Waals surface area (Å²) in [6, 6.07) is 3.46. The highest BCUT2D eigenvalue weighted by atomic mass is 35.5. The number of halogens is 2. The fourth-order valence-electron chi connectivity index (χ4n) is 3.95. The van der Waals surface area contributed by atoms with E-state index < -0.39 is 0 Å². The lowest BCUT2D eigenvalue weighted by atomic mass is 10.1. The topological polar surface area (TPSA) is 50.2 Å². The van der Waals surface area contributed by atoms with E-state index in [0.717, 1.165) is 44.8 Å². The first-order valence-electron chi connectivity index (χ1n) is 9.80. The summed E-state index contributed by atoms with van der Waals surface area (Å²) in [5.41, 5.74) is 0.578. The summed E-state index contributed by atoms with van der Waals surface area (Å²) in [5.74, 6) is 1.40. The van der Waals surface area contributed by atoms with Gasteiger partial charge < -0.3 is 5.32 Å². The van der Waals surface area contributed by atoms with Crippen LogP contribution in [0.1, 0.15) is 45.5 Å². The Morgan fingerprint density at radius 3 is 2.74 bits per heavy atom. The van der Waals surface area contributed by atoms with Gasteiger partial charge in [-0.1, -0.05) is 43.5 Å². The second-order valence-electron chi connectivity index (χ2n) is 7.41. The van der Waals surface area contributed by atoms with Gasteiger partial charge in [0.1, 0.15) is 5.82 Å². The van der Waals surface area contributed by atoms with Gasteiger partial charge in [0.2, 0.25) is 0 Å². The molecule has 1 aliphatic heterocycles. The molecule has 0 bridgehead atoms. The van der Waals surface area contributed by atoms with Crippen molar-refractivity contribution in [2.75, 3.05) is 26.2 Å². The summed E-state index contributed by atoms with van der Waals surface area (Å²) in [5, 5.41) is 4.83. The van der Waals surface area contributed by atoms with Gasteiger partial charge in [-0.15, -0.1) is 0 Å². The van der Waals surface area contributed by atoms with Gasteiger partial charge in [0.05, 0.1) is 27.0 Å². The molecule has 1 fully saturated rings. The van der Waals surface area contributed by atoms with Crippen molar-refractivity contribution in [3.8, 4) is 0 Å². The number of benzene rings is 1. The Hall–Kier alpha value is -1.14. The average molecular weight is 411 g/mol. The molecule has 2 atom stereocenters. The third kappa shape index (κ3) is 4.32. The first kappa shape index (κ1) is 20.6. The Bertz CT molecular complexity index is 867. The molecule has 1 aromatic heterocycles. The smallest absolute Gasteiger partial charge is 0.261 e. The minimum absolute atomic E-state index is 0.0434. The molecule has 3 rings (SSSR count). The third-order valence-corrected chi connectivity index (χ3v) is 5.98. The standard InChI is InChI=1S/C20H28Cl2N4O/c1-4-6-18(25-8-7-23-11-13(3)12-25)19-24-17-10-16(22)15(21)9-14(17)20(27)26(19)5-2/h9-10,13,18,23H,4-8,11-12H2,1-3H3/t13-,18?/m0/s1. The number of rotatable bonds is 5. The molecule has 1 unspecified atom stereocenters. The summed E-state index contributed by atoms with van der Waals surface area (Å²) < 4.78 is 1.80. The van der Waals surface area contributed by atoms with Crippen LogP contribution in [0, 0.1) is 5.92 Å². The molecule has 27 heavy (non-hydrogen) atoms. The highest BCUT2D eigenvalue weighted by Crippen LogP contribution is 2.29. The molecule has 1 aliphatic rings. The first-order valence-corrected chi connectivity index (χ1v) is 10.6. The maximum atomic E-state index is 13.2. The van der Waals surface area contributed by atoms with Gasteiger partial charge in [-0.3, -0.25) is 14.3 Å². The minimum Gasteiger partial charge on any atom is -0.315 e. The maximum Gasteiger partial charge on any atom is 0.261 e. The third-order valence-electron chi connectivity index (χ3n) is 5.26. The molecule has 1 N–H and O–H groups in total. The summed E-state index contributed by atoms with van der Waals surface area (Å²) in [7, 11) is 0. The fraction of sp³-hybridized carbons (Fsp3) is 0.600. The Balaban J connectivity index is 2.16. The second kappa shape index (κ2) is 8.91. The van der Waals surface area contributed by atoms with E-state index in [1.807, 2.05) is 6.92 Å². The van der Waals surface area contributed by atoms with Crippen LogP contribution in [0.5, 0.6) is 0 Å². The Labute approximate surface area is 170 Å². The number of nitrogens with one attached hydrogen (secondary N) is 1. The zero-order valence-electron chi connectivity index (χ0n) is 16.3. The number of fused-ring (bicyclic) bond motifs is 1. The first-order chi connectivity index (χ1) is 13.0. The van der Waals surface area contributed by atoms with Crippen LogP contribution in [0.2, 0.25) is 10.0 Å². The van der Waals surface area contributed by atoms with E-state index in [1.165, 1.54) is 0 Å². The van der Waals surface area contributed by atoms with Crippen LogP contribution in [0.15, 0.2) is 16.9 Å². The molecule has 0 spiro atoms. The Morgan fingerprint density at radius 2 is 2.04 bits per heavy atom. The molecule has 7 heteroatoms. The number of hydrogen-bond donors (Lipinski definition) is 1. The van der Waals surface area contributed by atoms with Gasteiger partial charge in [-0.2, -0.15) is 0 Å². The van der Waals surface area contributed by atoms with Crippen LogP contribution >= 0.6 is 23.2 Å². The largest absolute Gasteiger partial charge is 0.315 e. The Morgan fingerprint density at radius 1 is 1.30 bits per heavy atom. The minimum atomic E-state index is -0.0434. The Kier molecular flexibility index (Phi) is 6.79. The van der Waals surface area contributed by atoms with Gasteiger partial charge in [0.25, 0.3) is 5.56 Å². The zero-order chi connectivity index (χ0) is 19.6. The lowest BCUT2D eigenvalue weighted by Crippen LogP contribution is -2.38. The highest BCUT2D eigenvalue weighted by molar-refractivity contribution is 6.42. The van der Waals surface area contributed by atoms with Gasteiger partial charge >= 0.3 is 0 Å². The molecule has 148 valence electrons. The number of nitrogens with zero attached hydrogens (tertiary/aromatic N) is 3. The van der Waals surface area contributed by atoms with Gasteiger partial charge in [-0.05, 0) is 37.9 Å². The van der Waals surface area contributed by atoms with E-state index in [1.54, 1.807) is 16.7 Å². The molecule has 5 nitrogen and oxygen atoms in total. The quantitative estimate of drug-likeness (QED) is 0.805. The average Bonchev–Trinajstić information content (AvgIpc) is 2.85. The van der Waals surface area contributed by atoms with E-state index >= 15 is 0 Å². The summed E-state index contributed by atoms with van der Waals surface area (Å²) in [4.78, 5) is 20.6. The van der Waals surface area contributed by atoms with Crippen molar-refractivity contribution in [2.45, 2.75) is 46.2 Å². The molecular weight excluding hydrogens is 383 g/mol. The van der Waals surface area contributed by atoms with Crippen molar-refractivity contribution in [1.29, 1.82) is 0 Å². The molecule has 2 heterocycles. The van der Waals surface area contributed by atoms with E-state index in [2.05, 4.69) is 24.1 Å². The lowest BCUT2D eigenvalue weighted by molar-refractivity contribution is 0.169. The fourth-order valence-corrected chi connectivity index (χ4v) is 4.27. The van der Waals surface area contributed by atoms with Crippen molar-refractivity contribution in [3.05, 3.63) is 38.4 Å². The van der Waals surface area contributed by atoms with Crippen molar-refractivity contribution in [1.82, 2.24) is 19.8 Å². The lowest BCUT2D eigenvalue weighted by Gasteiger charge is -2.32. The van der Waals surface area contributed by atoms with Crippen molar-refractivity contribution in [3.63, 3.8) is 0 Å². The predicted molar refractivity (Wildman–Crippen MR) is 113 cm³/mol. The summed E-state index contributed by atoms with van der Waals surface area (Å²) in [6.45, 7) is 10.9. The maximum absolute atomic E-state index is 13.2. The molecule has 0 saturated carbocycles. The van der Waals surface area contributed by atoms with Crippen LogP contribution in [-0.2, 0) is 6.54 Å². The van der Waals surface area contributed by atoms with Crippen molar-refractivity contribution < 1.29 is 0 Å². The SMILES string of the molecule is CCCC(c1nc2cc(Cl)c(Cl)cc2c(=O)n1CC)N1CCNC[C@H](C)C1. The van der Waals surface area contributed by atoms with E-state index in [0.29, 0.717) is 33.4 Å². The van der Waals surface area contributed by atoms with E-state index in [4.69, 9.17) is 28.2 Å². The second-order valence-corrected chi connectivity index (χ2v) is 8.23. The molecule has 0 amide bonds. The van der Waals surface area contributed by atoms with Gasteiger partial charge in [-0.25, -0.2) is 4.98 Å². The highest BCUT2D eigenvalue weighted by Gasteiger charge is 2.27. The monoisotopic (exact) mass is 410 g/mol. The van der Waals surface area contributed by atoms with Gasteiger partial charge in [0, 0.05) is 26.2 Å². The van der Waals surface area contributed by atoms with Crippen LogP contribution in [0.3, 0.4) is 0 Å². The van der Waals surface area contributed by atoms with Crippen LogP contribution < -0.4 is 10.9 Å². The molecule has 2 aromatic rings. The number of hydrogen-bond acceptors (Lipinski definition) is 4. The predicted octanol–water partition coefficient (Wildman–Crippen LogP) is 4.11. The van der Waals surface area contributed by atoms with Gasteiger partial charge in [0.15, 0.2) is 0 Å². The molecule has 0 aliphatic carbocycles. The molecule has 1 saturated heterocycles. The van der Waals surface area contributed by atoms with E-state index in [9.17, 15) is 4.79 Å². The van der Waals surface area contributed by atoms with Crippen LogP contribution in [0.25, 0.3) is 10.9 Å². The molecular formula is C20H28Cl2N4O. The normalized spacial score (nSPS) is 20.0. The van der Waals surface area contributed by atoms with Crippen molar-refractivity contribution >= 4 is 34.1 Å². The summed E-state index contributed by atoms with van der Waals surface area (Å²) >= 11 is 12.3. The zero-order valence-corrected chi connectivity index (χ0v) is 17.8. The van der Waals surface area contributed by atoms with Crippen LogP contribution in [-0.4, -0.2) is 40.6 Å². The van der Waals surface area contributed by atoms with Crippen LogP contribution in [0.4, 0.5) is 0 Å². The molecule has 1 aromatic carbocycles. The van der Waals surface area contributed by atoms with Crippen molar-refractivity contribution in [2.24, 2.45) is 5.92 Å². The summed E-state index contributed by atoms with van der Waals surface area (Å²) in [6.07, 6.45) is 1.99. The van der Waals surface area contributed by atoms with E-state index in [-0.39, 0.29) is 11.6 Å².